The Hall–Kier alpha value is -1.02. The summed E-state index contributed by atoms with van der Waals surface area (Å²) in [6.45, 7) is 4.97. The second-order valence-electron chi connectivity index (χ2n) is 18.4. The van der Waals surface area contributed by atoms with E-state index in [0.717, 1.165) is 32.1 Å². The minimum atomic E-state index is -4.28. The van der Waals surface area contributed by atoms with Gasteiger partial charge in [0.1, 0.15) is 6.10 Å². The molecule has 63 heavy (non-hydrogen) atoms. The van der Waals surface area contributed by atoms with E-state index in [4.69, 9.17) is 24.3 Å². The van der Waals surface area contributed by atoms with Crippen molar-refractivity contribution in [2.24, 2.45) is 5.73 Å². The molecule has 3 N–H and O–H groups in total. The van der Waals surface area contributed by atoms with Gasteiger partial charge in [-0.15, -0.1) is 0 Å². The Bertz CT molecular complexity index is 1020. The van der Waals surface area contributed by atoms with Crippen LogP contribution in [0, 0.1) is 0 Å². The van der Waals surface area contributed by atoms with E-state index < -0.39 is 13.9 Å². The number of hydrogen-bond donors (Lipinski definition) is 2. The summed E-state index contributed by atoms with van der Waals surface area (Å²) in [5.41, 5.74) is 5.40. The molecule has 0 aliphatic heterocycles. The summed E-state index contributed by atoms with van der Waals surface area (Å²) in [7, 11) is -4.28. The van der Waals surface area contributed by atoms with Crippen molar-refractivity contribution in [2.75, 3.05) is 33.0 Å². The van der Waals surface area contributed by atoms with Gasteiger partial charge in [-0.1, -0.05) is 231 Å². The van der Waals surface area contributed by atoms with Gasteiger partial charge < -0.3 is 20.1 Å². The highest BCUT2D eigenvalue weighted by Gasteiger charge is 2.25. The van der Waals surface area contributed by atoms with Crippen molar-refractivity contribution in [3.05, 3.63) is 24.3 Å². The Balaban J connectivity index is 3.87. The fourth-order valence-corrected chi connectivity index (χ4v) is 8.81. The van der Waals surface area contributed by atoms with Crippen LogP contribution in [-0.4, -0.2) is 49.9 Å². The predicted molar refractivity (Wildman–Crippen MR) is 270 cm³/mol. The molecule has 0 heterocycles. The molecule has 2 unspecified atom stereocenters. The third-order valence-corrected chi connectivity index (χ3v) is 13.1. The number of unbranched alkanes of at least 4 members (excludes halogenated alkanes) is 36. The molecule has 0 fully saturated rings. The van der Waals surface area contributed by atoms with Gasteiger partial charge in [-0.05, 0) is 64.2 Å². The Kier molecular flexibility index (Phi) is 51.1. The molecule has 0 rings (SSSR count). The monoisotopic (exact) mass is 912 g/mol. The van der Waals surface area contributed by atoms with Crippen LogP contribution in [0.15, 0.2) is 24.3 Å². The minimum Gasteiger partial charge on any atom is -0.457 e. The lowest BCUT2D eigenvalue weighted by molar-refractivity contribution is -0.154. The van der Waals surface area contributed by atoms with Gasteiger partial charge in [0.15, 0.2) is 0 Å². The van der Waals surface area contributed by atoms with Gasteiger partial charge in [0.2, 0.25) is 0 Å². The van der Waals surface area contributed by atoms with Crippen LogP contribution in [-0.2, 0) is 27.9 Å². The standard InChI is InChI=1S/C54H106NO7P/c1-3-5-7-9-11-13-15-17-19-21-23-24-25-26-27-28-29-31-33-35-37-39-41-43-45-47-54(56)62-53(52-61-63(57,58)60-50-48-55)51-59-49-46-44-42-40-38-36-34-32-30-22-20-18-16-14-12-10-8-6-4-2/h20-23,53H,3-19,24-52,55H2,1-2H3,(H,57,58)/b22-20-,23-21-. The smallest absolute Gasteiger partial charge is 0.457 e. The molecule has 0 bridgehead atoms. The Morgan fingerprint density at radius 3 is 1.16 bits per heavy atom. The number of phosphoric ester groups is 1. The summed E-state index contributed by atoms with van der Waals surface area (Å²) >= 11 is 0. The normalized spacial score (nSPS) is 13.4. The molecule has 9 heteroatoms. The number of esters is 1. The average Bonchev–Trinajstić information content (AvgIpc) is 3.28. The first-order valence-corrected chi connectivity index (χ1v) is 28.8. The van der Waals surface area contributed by atoms with Crippen molar-refractivity contribution in [3.63, 3.8) is 0 Å². The van der Waals surface area contributed by atoms with E-state index in [0.29, 0.717) is 13.0 Å². The first-order valence-electron chi connectivity index (χ1n) is 27.3. The van der Waals surface area contributed by atoms with E-state index in [9.17, 15) is 14.3 Å². The number of allylic oxidation sites excluding steroid dienone is 4. The SMILES string of the molecule is CCCCCCCCC/C=C\CCCCCCCCCCOCC(COP(=O)(O)OCCN)OC(=O)CCCCCCCCCCCCCCC/C=C\CCCCCCCCCC. The highest BCUT2D eigenvalue weighted by atomic mass is 31.2. The Labute approximate surface area is 391 Å². The van der Waals surface area contributed by atoms with Crippen molar-refractivity contribution in [2.45, 2.75) is 283 Å². The lowest BCUT2D eigenvalue weighted by atomic mass is 10.0. The zero-order valence-electron chi connectivity index (χ0n) is 41.8. The Morgan fingerprint density at radius 1 is 0.460 bits per heavy atom. The maximum Gasteiger partial charge on any atom is 0.472 e. The molecule has 374 valence electrons. The molecule has 0 aromatic carbocycles. The third kappa shape index (κ3) is 51.8. The molecule has 0 aromatic heterocycles. The molecule has 0 aliphatic rings. The van der Waals surface area contributed by atoms with Crippen LogP contribution in [0.3, 0.4) is 0 Å². The van der Waals surface area contributed by atoms with Crippen molar-refractivity contribution in [3.8, 4) is 0 Å². The van der Waals surface area contributed by atoms with Crippen LogP contribution in [0.1, 0.15) is 277 Å². The van der Waals surface area contributed by atoms with Crippen molar-refractivity contribution >= 4 is 13.8 Å². The van der Waals surface area contributed by atoms with Gasteiger partial charge in [0.25, 0.3) is 0 Å². The molecular weight excluding hydrogens is 806 g/mol. The molecule has 0 amide bonds. The second kappa shape index (κ2) is 52.0. The first kappa shape index (κ1) is 62.0. The second-order valence-corrected chi connectivity index (χ2v) is 19.9. The topological polar surface area (TPSA) is 117 Å². The zero-order chi connectivity index (χ0) is 45.8. The van der Waals surface area contributed by atoms with E-state index in [1.807, 2.05) is 0 Å². The van der Waals surface area contributed by atoms with E-state index in [2.05, 4.69) is 38.2 Å². The van der Waals surface area contributed by atoms with E-state index in [-0.39, 0.29) is 32.3 Å². The number of carbonyl (C=O) groups excluding carboxylic acids is 1. The summed E-state index contributed by atoms with van der Waals surface area (Å²) in [4.78, 5) is 22.6. The average molecular weight is 912 g/mol. The molecule has 8 nitrogen and oxygen atoms in total. The highest BCUT2D eigenvalue weighted by molar-refractivity contribution is 7.47. The Morgan fingerprint density at radius 2 is 0.794 bits per heavy atom. The quantitative estimate of drug-likeness (QED) is 0.0268. The van der Waals surface area contributed by atoms with Crippen molar-refractivity contribution in [1.29, 1.82) is 0 Å². The molecule has 0 saturated heterocycles. The number of rotatable bonds is 53. The number of carbonyl (C=O) groups is 1. The maximum absolute atomic E-state index is 12.7. The van der Waals surface area contributed by atoms with Crippen LogP contribution in [0.5, 0.6) is 0 Å². The lowest BCUT2D eigenvalue weighted by Gasteiger charge is -2.20. The number of hydrogen-bond acceptors (Lipinski definition) is 7. The van der Waals surface area contributed by atoms with Crippen LogP contribution >= 0.6 is 7.82 Å². The summed E-state index contributed by atoms with van der Waals surface area (Å²) < 4.78 is 33.6. The van der Waals surface area contributed by atoms with Gasteiger partial charge >= 0.3 is 13.8 Å². The molecule has 0 aliphatic carbocycles. The van der Waals surface area contributed by atoms with Crippen LogP contribution in [0.25, 0.3) is 0 Å². The summed E-state index contributed by atoms with van der Waals surface area (Å²) in [5, 5.41) is 0. The van der Waals surface area contributed by atoms with Crippen molar-refractivity contribution in [1.82, 2.24) is 0 Å². The van der Waals surface area contributed by atoms with Gasteiger partial charge in [0.05, 0.1) is 19.8 Å². The fraction of sp³-hybridized carbons (Fsp3) is 0.907. The highest BCUT2D eigenvalue weighted by Crippen LogP contribution is 2.43. The molecule has 0 saturated carbocycles. The molecule has 0 radical (unpaired) electrons. The third-order valence-electron chi connectivity index (χ3n) is 12.1. The van der Waals surface area contributed by atoms with E-state index >= 15 is 0 Å². The predicted octanol–water partition coefficient (Wildman–Crippen LogP) is 17.2. The van der Waals surface area contributed by atoms with Crippen molar-refractivity contribution < 1.29 is 32.8 Å². The summed E-state index contributed by atoms with van der Waals surface area (Å²) in [5.74, 6) is -0.326. The fourth-order valence-electron chi connectivity index (χ4n) is 8.05. The molecule has 0 aromatic rings. The van der Waals surface area contributed by atoms with E-state index in [1.54, 1.807) is 0 Å². The largest absolute Gasteiger partial charge is 0.472 e. The number of nitrogens with two attached hydrogens (primary N) is 1. The van der Waals surface area contributed by atoms with Gasteiger partial charge in [-0.3, -0.25) is 13.8 Å². The minimum absolute atomic E-state index is 0.0939. The number of ether oxygens (including phenoxy) is 2. The molecular formula is C54H106NO7P. The summed E-state index contributed by atoms with van der Waals surface area (Å²) in [6.07, 6.45) is 60.8. The molecule has 0 spiro atoms. The van der Waals surface area contributed by atoms with Gasteiger partial charge in [0, 0.05) is 19.6 Å². The summed E-state index contributed by atoms with van der Waals surface area (Å²) in [6, 6.07) is 0. The van der Waals surface area contributed by atoms with Gasteiger partial charge in [-0.25, -0.2) is 4.57 Å². The van der Waals surface area contributed by atoms with Gasteiger partial charge in [-0.2, -0.15) is 0 Å². The zero-order valence-corrected chi connectivity index (χ0v) is 42.7. The van der Waals surface area contributed by atoms with Crippen LogP contribution in [0.2, 0.25) is 0 Å². The van der Waals surface area contributed by atoms with Crippen LogP contribution in [0.4, 0.5) is 0 Å². The number of phosphoric acid groups is 1. The lowest BCUT2D eigenvalue weighted by Crippen LogP contribution is -2.28. The maximum atomic E-state index is 12.7. The van der Waals surface area contributed by atoms with E-state index in [1.165, 1.54) is 225 Å². The molecule has 2 atom stereocenters. The first-order chi connectivity index (χ1) is 30.9. The van der Waals surface area contributed by atoms with Crippen LogP contribution < -0.4 is 5.73 Å².